The fourth-order valence-corrected chi connectivity index (χ4v) is 2.76. The van der Waals surface area contributed by atoms with Crippen LogP contribution in [0.15, 0.2) is 57.8 Å². The highest BCUT2D eigenvalue weighted by molar-refractivity contribution is 5.87. The van der Waals surface area contributed by atoms with Crippen molar-refractivity contribution in [1.82, 2.24) is 0 Å². The summed E-state index contributed by atoms with van der Waals surface area (Å²) in [5.41, 5.74) is 0.871. The van der Waals surface area contributed by atoms with Crippen LogP contribution in [0.2, 0.25) is 0 Å². The van der Waals surface area contributed by atoms with Gasteiger partial charge < -0.3 is 24.8 Å². The molecule has 6 heteroatoms. The third kappa shape index (κ3) is 3.92. The first-order valence-electron chi connectivity index (χ1n) is 8.58. The molecule has 28 heavy (non-hydrogen) atoms. The maximum Gasteiger partial charge on any atom is 0.197 e. The number of aliphatic hydroxyl groups is 1. The molecular formula is C22H20O6. The molecule has 1 heterocycles. The van der Waals surface area contributed by atoms with E-state index in [1.54, 1.807) is 31.2 Å². The maximum atomic E-state index is 12.5. The first kappa shape index (κ1) is 19.3. The van der Waals surface area contributed by atoms with Gasteiger partial charge in [-0.2, -0.15) is 0 Å². The Kier molecular flexibility index (Phi) is 5.24. The standard InChI is InChI=1S/C22H20O6/c1-12(2)17(24)10-16-18(25)11-20-21(22(16)27)19(26)9-15(28-20)8-5-13-3-6-14(23)7-4-13/h3-9,11,17,23-25,27H,1,10H2,2H3/t17-/m1/s1. The Morgan fingerprint density at radius 3 is 2.46 bits per heavy atom. The van der Waals surface area contributed by atoms with E-state index in [0.717, 1.165) is 5.56 Å². The second kappa shape index (κ2) is 7.62. The van der Waals surface area contributed by atoms with Crippen molar-refractivity contribution >= 4 is 23.1 Å². The topological polar surface area (TPSA) is 111 Å². The molecule has 2 aromatic carbocycles. The van der Waals surface area contributed by atoms with E-state index in [2.05, 4.69) is 6.58 Å². The molecule has 0 bridgehead atoms. The second-order valence-electron chi connectivity index (χ2n) is 6.60. The molecule has 144 valence electrons. The fourth-order valence-electron chi connectivity index (χ4n) is 2.76. The zero-order valence-corrected chi connectivity index (χ0v) is 15.2. The summed E-state index contributed by atoms with van der Waals surface area (Å²) in [6.45, 7) is 5.26. The van der Waals surface area contributed by atoms with Gasteiger partial charge in [-0.15, -0.1) is 0 Å². The molecule has 0 spiro atoms. The van der Waals surface area contributed by atoms with E-state index in [1.807, 2.05) is 0 Å². The van der Waals surface area contributed by atoms with Crippen LogP contribution in [0.25, 0.3) is 23.1 Å². The minimum atomic E-state index is -0.964. The first-order valence-corrected chi connectivity index (χ1v) is 8.58. The van der Waals surface area contributed by atoms with Gasteiger partial charge in [0.1, 0.15) is 34.0 Å². The van der Waals surface area contributed by atoms with Crippen molar-refractivity contribution < 1.29 is 24.8 Å². The summed E-state index contributed by atoms with van der Waals surface area (Å²) in [6.07, 6.45) is 2.22. The number of benzene rings is 2. The molecular weight excluding hydrogens is 360 g/mol. The summed E-state index contributed by atoms with van der Waals surface area (Å²) >= 11 is 0. The van der Waals surface area contributed by atoms with Crippen molar-refractivity contribution in [1.29, 1.82) is 0 Å². The molecule has 0 amide bonds. The largest absolute Gasteiger partial charge is 0.508 e. The molecule has 0 saturated heterocycles. The van der Waals surface area contributed by atoms with E-state index >= 15 is 0 Å². The van der Waals surface area contributed by atoms with Crippen molar-refractivity contribution in [3.05, 3.63) is 75.7 Å². The van der Waals surface area contributed by atoms with E-state index in [9.17, 15) is 25.2 Å². The van der Waals surface area contributed by atoms with E-state index < -0.39 is 17.3 Å². The Morgan fingerprint density at radius 2 is 1.82 bits per heavy atom. The molecule has 0 aliphatic heterocycles. The van der Waals surface area contributed by atoms with Gasteiger partial charge in [0, 0.05) is 24.1 Å². The molecule has 0 radical (unpaired) electrons. The van der Waals surface area contributed by atoms with Gasteiger partial charge in [-0.25, -0.2) is 0 Å². The van der Waals surface area contributed by atoms with Gasteiger partial charge in [0.2, 0.25) is 0 Å². The summed E-state index contributed by atoms with van der Waals surface area (Å²) < 4.78 is 5.62. The minimum Gasteiger partial charge on any atom is -0.508 e. The molecule has 0 saturated carbocycles. The van der Waals surface area contributed by atoms with Crippen LogP contribution >= 0.6 is 0 Å². The first-order chi connectivity index (χ1) is 13.3. The summed E-state index contributed by atoms with van der Waals surface area (Å²) in [4.78, 5) is 12.5. The lowest BCUT2D eigenvalue weighted by Crippen LogP contribution is -2.12. The lowest BCUT2D eigenvalue weighted by atomic mass is 9.99. The molecule has 4 N–H and O–H groups in total. The lowest BCUT2D eigenvalue weighted by Gasteiger charge is -2.14. The maximum absolute atomic E-state index is 12.5. The van der Waals surface area contributed by atoms with Gasteiger partial charge in [-0.3, -0.25) is 4.79 Å². The van der Waals surface area contributed by atoms with Crippen LogP contribution in [0, 0.1) is 0 Å². The van der Waals surface area contributed by atoms with E-state index in [-0.39, 0.29) is 40.2 Å². The Morgan fingerprint density at radius 1 is 1.14 bits per heavy atom. The van der Waals surface area contributed by atoms with E-state index in [4.69, 9.17) is 4.42 Å². The van der Waals surface area contributed by atoms with Gasteiger partial charge in [0.25, 0.3) is 0 Å². The van der Waals surface area contributed by atoms with E-state index in [0.29, 0.717) is 5.57 Å². The molecule has 1 atom stereocenters. The Labute approximate surface area is 160 Å². The number of phenolic OH excluding ortho intramolecular Hbond substituents is 3. The Balaban J connectivity index is 2.03. The third-order valence-electron chi connectivity index (χ3n) is 4.39. The van der Waals surface area contributed by atoms with Crippen LogP contribution in [0.1, 0.15) is 23.8 Å². The number of rotatable bonds is 5. The normalized spacial score (nSPS) is 12.5. The Hall–Kier alpha value is -3.51. The highest BCUT2D eigenvalue weighted by Gasteiger charge is 2.19. The quantitative estimate of drug-likeness (QED) is 0.504. The number of fused-ring (bicyclic) bond motifs is 1. The summed E-state index contributed by atoms with van der Waals surface area (Å²) in [5, 5.41) is 39.9. The number of hydrogen-bond donors (Lipinski definition) is 4. The summed E-state index contributed by atoms with van der Waals surface area (Å²) in [6, 6.07) is 8.94. The average molecular weight is 380 g/mol. The number of aromatic hydroxyl groups is 3. The highest BCUT2D eigenvalue weighted by Crippen LogP contribution is 2.35. The molecule has 0 fully saturated rings. The predicted molar refractivity (Wildman–Crippen MR) is 107 cm³/mol. The lowest BCUT2D eigenvalue weighted by molar-refractivity contribution is 0.209. The van der Waals surface area contributed by atoms with Crippen LogP contribution < -0.4 is 5.43 Å². The predicted octanol–water partition coefficient (Wildman–Crippen LogP) is 3.56. The smallest absolute Gasteiger partial charge is 0.197 e. The van der Waals surface area contributed by atoms with Gasteiger partial charge in [0.15, 0.2) is 5.43 Å². The van der Waals surface area contributed by atoms with Crippen LogP contribution in [-0.2, 0) is 6.42 Å². The van der Waals surface area contributed by atoms with Crippen LogP contribution in [0.4, 0.5) is 0 Å². The van der Waals surface area contributed by atoms with Gasteiger partial charge in [-0.05, 0) is 30.7 Å². The zero-order valence-electron chi connectivity index (χ0n) is 15.2. The minimum absolute atomic E-state index is 0.0291. The molecule has 0 aliphatic rings. The van der Waals surface area contributed by atoms with Crippen molar-refractivity contribution in [2.45, 2.75) is 19.4 Å². The number of aliphatic hydroxyl groups excluding tert-OH is 1. The molecule has 0 unspecified atom stereocenters. The second-order valence-corrected chi connectivity index (χ2v) is 6.60. The molecule has 0 aliphatic carbocycles. The summed E-state index contributed by atoms with van der Waals surface area (Å²) in [5.74, 6) is -0.321. The Bertz CT molecular complexity index is 1120. The SMILES string of the molecule is C=C(C)[C@H](O)Cc1c(O)cc2oc(C=Cc3ccc(O)cc3)cc(=O)c2c1O. The molecule has 3 aromatic rings. The van der Waals surface area contributed by atoms with Gasteiger partial charge >= 0.3 is 0 Å². The monoisotopic (exact) mass is 380 g/mol. The van der Waals surface area contributed by atoms with Crippen molar-refractivity contribution in [2.75, 3.05) is 0 Å². The molecule has 6 nitrogen and oxygen atoms in total. The van der Waals surface area contributed by atoms with Gasteiger partial charge in [0.05, 0.1) is 6.10 Å². The molecule has 1 aromatic heterocycles. The number of phenols is 3. The molecule has 3 rings (SSSR count). The van der Waals surface area contributed by atoms with Crippen LogP contribution in [-0.4, -0.2) is 26.5 Å². The van der Waals surface area contributed by atoms with Crippen LogP contribution in [0.5, 0.6) is 17.2 Å². The third-order valence-corrected chi connectivity index (χ3v) is 4.39. The van der Waals surface area contributed by atoms with Crippen molar-refractivity contribution in [2.24, 2.45) is 0 Å². The van der Waals surface area contributed by atoms with Gasteiger partial charge in [-0.1, -0.05) is 30.4 Å². The highest BCUT2D eigenvalue weighted by atomic mass is 16.3. The summed E-state index contributed by atoms with van der Waals surface area (Å²) in [7, 11) is 0. The fraction of sp³-hybridized carbons (Fsp3) is 0.136. The van der Waals surface area contributed by atoms with Crippen molar-refractivity contribution in [3.63, 3.8) is 0 Å². The van der Waals surface area contributed by atoms with E-state index in [1.165, 1.54) is 24.3 Å². The van der Waals surface area contributed by atoms with Crippen LogP contribution in [0.3, 0.4) is 0 Å². The van der Waals surface area contributed by atoms with Crippen molar-refractivity contribution in [3.8, 4) is 17.2 Å². The zero-order chi connectivity index (χ0) is 20.4. The number of hydrogen-bond acceptors (Lipinski definition) is 6. The average Bonchev–Trinajstić information content (AvgIpc) is 2.63.